The lowest BCUT2D eigenvalue weighted by Crippen LogP contribution is -2.14. The van der Waals surface area contributed by atoms with Crippen molar-refractivity contribution in [2.75, 3.05) is 5.32 Å². The first kappa shape index (κ1) is 16.9. The summed E-state index contributed by atoms with van der Waals surface area (Å²) in [5.74, 6) is -0.586. The van der Waals surface area contributed by atoms with Crippen LogP contribution in [0.25, 0.3) is 0 Å². The molecule has 0 heterocycles. The second-order valence-electron chi connectivity index (χ2n) is 4.48. The van der Waals surface area contributed by atoms with Crippen LogP contribution in [0, 0.1) is 6.92 Å². The van der Waals surface area contributed by atoms with Gasteiger partial charge in [0, 0.05) is 9.37 Å². The van der Waals surface area contributed by atoms with Crippen LogP contribution in [0.15, 0.2) is 51.8 Å². The molecule has 0 aliphatic rings. The van der Waals surface area contributed by atoms with Gasteiger partial charge in [0.15, 0.2) is 0 Å². The Kier molecular flexibility index (Phi) is 5.18. The molecule has 0 saturated carbocycles. The van der Waals surface area contributed by atoms with E-state index in [-0.39, 0.29) is 22.2 Å². The molecule has 0 atom stereocenters. The number of aryl methyl sites for hydroxylation is 1. The van der Waals surface area contributed by atoms with Gasteiger partial charge in [0.2, 0.25) is 0 Å². The van der Waals surface area contributed by atoms with Gasteiger partial charge in [-0.3, -0.25) is 4.79 Å². The lowest BCUT2D eigenvalue weighted by atomic mass is 10.2. The molecule has 0 bridgehead atoms. The Morgan fingerprint density at radius 2 is 1.86 bits per heavy atom. The van der Waals surface area contributed by atoms with Gasteiger partial charge in [0.05, 0.1) is 11.3 Å². The first-order valence-electron chi connectivity index (χ1n) is 6.18. The van der Waals surface area contributed by atoms with Gasteiger partial charge in [-0.15, -0.1) is 0 Å². The number of nitrogens with one attached hydrogen (secondary N) is 1. The van der Waals surface area contributed by atoms with Gasteiger partial charge < -0.3 is 5.32 Å². The van der Waals surface area contributed by atoms with Gasteiger partial charge in [-0.2, -0.15) is 13.2 Å². The van der Waals surface area contributed by atoms with Crippen molar-refractivity contribution in [3.05, 3.63) is 58.1 Å². The molecule has 2 nitrogen and oxygen atoms in total. The van der Waals surface area contributed by atoms with Crippen molar-refractivity contribution in [3.8, 4) is 0 Å². The number of carbonyl (C=O) groups is 1. The number of benzene rings is 2. The molecule has 7 heteroatoms. The van der Waals surface area contributed by atoms with E-state index in [1.165, 1.54) is 24.3 Å². The topological polar surface area (TPSA) is 29.1 Å². The minimum Gasteiger partial charge on any atom is -0.321 e. The van der Waals surface area contributed by atoms with Gasteiger partial charge in [-0.25, -0.2) is 0 Å². The Morgan fingerprint density at radius 3 is 2.50 bits per heavy atom. The van der Waals surface area contributed by atoms with Gasteiger partial charge in [0.1, 0.15) is 0 Å². The van der Waals surface area contributed by atoms with E-state index >= 15 is 0 Å². The van der Waals surface area contributed by atoms with E-state index < -0.39 is 11.4 Å². The Hall–Kier alpha value is -1.47. The average molecular weight is 390 g/mol. The van der Waals surface area contributed by atoms with Crippen LogP contribution >= 0.6 is 27.7 Å². The third-order valence-corrected chi connectivity index (χ3v) is 4.19. The molecule has 2 rings (SSSR count). The molecule has 116 valence electrons. The lowest BCUT2D eigenvalue weighted by molar-refractivity contribution is -0.0328. The van der Waals surface area contributed by atoms with E-state index in [9.17, 15) is 18.0 Å². The zero-order valence-electron chi connectivity index (χ0n) is 11.4. The van der Waals surface area contributed by atoms with Crippen LogP contribution in [-0.2, 0) is 0 Å². The molecule has 0 unspecified atom stereocenters. The monoisotopic (exact) mass is 389 g/mol. The van der Waals surface area contributed by atoms with Crippen LogP contribution in [0.4, 0.5) is 18.9 Å². The van der Waals surface area contributed by atoms with E-state index in [4.69, 9.17) is 0 Å². The fourth-order valence-corrected chi connectivity index (χ4v) is 3.04. The highest BCUT2D eigenvalue weighted by molar-refractivity contribution is 9.10. The smallest absolute Gasteiger partial charge is 0.321 e. The summed E-state index contributed by atoms with van der Waals surface area (Å²) in [4.78, 5) is 12.1. The molecule has 0 saturated heterocycles. The molecule has 22 heavy (non-hydrogen) atoms. The standard InChI is InChI=1S/C15H11BrF3NOS/c1-9-6-7-12(11(16)8-9)20-14(21)10-4-2-3-5-13(10)22-15(17,18)19/h2-8H,1H3,(H,20,21). The Morgan fingerprint density at radius 1 is 1.18 bits per heavy atom. The molecular weight excluding hydrogens is 379 g/mol. The molecule has 0 radical (unpaired) electrons. The van der Waals surface area contributed by atoms with Crippen molar-refractivity contribution in [2.45, 2.75) is 17.3 Å². The van der Waals surface area contributed by atoms with E-state index in [0.29, 0.717) is 10.2 Å². The van der Waals surface area contributed by atoms with Gasteiger partial charge in [0.25, 0.3) is 5.91 Å². The summed E-state index contributed by atoms with van der Waals surface area (Å²) in [5, 5.41) is 2.61. The van der Waals surface area contributed by atoms with Crippen LogP contribution in [0.1, 0.15) is 15.9 Å². The number of alkyl halides is 3. The maximum absolute atomic E-state index is 12.5. The van der Waals surface area contributed by atoms with E-state index in [0.717, 1.165) is 5.56 Å². The summed E-state index contributed by atoms with van der Waals surface area (Å²) >= 11 is 3.02. The fraction of sp³-hybridized carbons (Fsp3) is 0.133. The minimum absolute atomic E-state index is 0.0164. The molecule has 2 aromatic rings. The number of hydrogen-bond acceptors (Lipinski definition) is 2. The van der Waals surface area contributed by atoms with Crippen LogP contribution in [0.5, 0.6) is 0 Å². The second kappa shape index (κ2) is 6.75. The van der Waals surface area contributed by atoms with Crippen molar-refractivity contribution in [2.24, 2.45) is 0 Å². The van der Waals surface area contributed by atoms with Crippen LogP contribution in [0.2, 0.25) is 0 Å². The molecule has 0 aromatic heterocycles. The first-order valence-corrected chi connectivity index (χ1v) is 7.79. The molecule has 1 amide bonds. The summed E-state index contributed by atoms with van der Waals surface area (Å²) in [7, 11) is 0. The van der Waals surface area contributed by atoms with E-state index in [1.54, 1.807) is 12.1 Å². The van der Waals surface area contributed by atoms with Crippen molar-refractivity contribution in [3.63, 3.8) is 0 Å². The third-order valence-electron chi connectivity index (χ3n) is 2.73. The highest BCUT2D eigenvalue weighted by Gasteiger charge is 2.31. The predicted molar refractivity (Wildman–Crippen MR) is 85.2 cm³/mol. The summed E-state index contributed by atoms with van der Waals surface area (Å²) in [5.41, 5.74) is -2.96. The lowest BCUT2D eigenvalue weighted by Gasteiger charge is -2.12. The highest BCUT2D eigenvalue weighted by Crippen LogP contribution is 2.38. The van der Waals surface area contributed by atoms with Crippen molar-refractivity contribution in [1.82, 2.24) is 0 Å². The average Bonchev–Trinajstić information content (AvgIpc) is 2.40. The molecule has 0 fully saturated rings. The van der Waals surface area contributed by atoms with Crippen LogP contribution in [0.3, 0.4) is 0 Å². The van der Waals surface area contributed by atoms with Crippen molar-refractivity contribution < 1.29 is 18.0 Å². The molecule has 0 aliphatic carbocycles. The highest BCUT2D eigenvalue weighted by atomic mass is 79.9. The SMILES string of the molecule is Cc1ccc(NC(=O)c2ccccc2SC(F)(F)F)c(Br)c1. The van der Waals surface area contributed by atoms with Crippen LogP contribution < -0.4 is 5.32 Å². The first-order chi connectivity index (χ1) is 10.3. The molecule has 0 aliphatic heterocycles. The molecular formula is C15H11BrF3NOS. The quantitative estimate of drug-likeness (QED) is 0.689. The summed E-state index contributed by atoms with van der Waals surface area (Å²) < 4.78 is 38.3. The number of halogens is 4. The normalized spacial score (nSPS) is 11.3. The molecule has 0 spiro atoms. The number of hydrogen-bond donors (Lipinski definition) is 1. The van der Waals surface area contributed by atoms with Gasteiger partial charge >= 0.3 is 5.51 Å². The maximum Gasteiger partial charge on any atom is 0.446 e. The molecule has 1 N–H and O–H groups in total. The number of carbonyl (C=O) groups excluding carboxylic acids is 1. The number of thioether (sulfide) groups is 1. The Balaban J connectivity index is 2.26. The van der Waals surface area contributed by atoms with Crippen molar-refractivity contribution in [1.29, 1.82) is 0 Å². The number of rotatable bonds is 3. The predicted octanol–water partition coefficient (Wildman–Crippen LogP) is 5.62. The zero-order valence-corrected chi connectivity index (χ0v) is 13.8. The number of amides is 1. The van der Waals surface area contributed by atoms with E-state index in [1.807, 2.05) is 13.0 Å². The summed E-state index contributed by atoms with van der Waals surface area (Å²) in [6.45, 7) is 1.89. The van der Waals surface area contributed by atoms with Gasteiger partial charge in [-0.05, 0) is 64.4 Å². The third kappa shape index (κ3) is 4.51. The number of anilines is 1. The van der Waals surface area contributed by atoms with E-state index in [2.05, 4.69) is 21.2 Å². The summed E-state index contributed by atoms with van der Waals surface area (Å²) in [6, 6.07) is 10.9. The Labute approximate surface area is 138 Å². The summed E-state index contributed by atoms with van der Waals surface area (Å²) in [6.07, 6.45) is 0. The fourth-order valence-electron chi connectivity index (χ4n) is 1.78. The maximum atomic E-state index is 12.5. The second-order valence-corrected chi connectivity index (χ2v) is 6.44. The minimum atomic E-state index is -4.44. The van der Waals surface area contributed by atoms with Crippen LogP contribution in [-0.4, -0.2) is 11.4 Å². The largest absolute Gasteiger partial charge is 0.446 e. The zero-order chi connectivity index (χ0) is 16.3. The molecule has 2 aromatic carbocycles. The van der Waals surface area contributed by atoms with Gasteiger partial charge in [-0.1, -0.05) is 18.2 Å². The van der Waals surface area contributed by atoms with Crippen molar-refractivity contribution >= 4 is 39.3 Å². The Bertz CT molecular complexity index is 703.